The van der Waals surface area contributed by atoms with Gasteiger partial charge in [0.2, 0.25) is 5.95 Å². The Bertz CT molecular complexity index is 1390. The van der Waals surface area contributed by atoms with E-state index in [-0.39, 0.29) is 11.6 Å². The Morgan fingerprint density at radius 3 is 2.38 bits per heavy atom. The molecule has 0 spiro atoms. The lowest BCUT2D eigenvalue weighted by Gasteiger charge is -2.08. The van der Waals surface area contributed by atoms with Gasteiger partial charge in [0.1, 0.15) is 17.5 Å². The number of imidazole rings is 1. The van der Waals surface area contributed by atoms with Crippen LogP contribution in [0.2, 0.25) is 10.0 Å². The second-order valence-corrected chi connectivity index (χ2v) is 7.76. The van der Waals surface area contributed by atoms with E-state index in [1.807, 2.05) is 0 Å². The third-order valence-corrected chi connectivity index (χ3v) is 5.08. The molecule has 0 radical (unpaired) electrons. The summed E-state index contributed by atoms with van der Waals surface area (Å²) >= 11 is 12.1. The Kier molecular flexibility index (Phi) is 6.85. The monoisotopic (exact) mass is 503 g/mol. The topological polar surface area (TPSA) is 71.3 Å². The molecule has 4 aromatic rings. The fourth-order valence-corrected chi connectivity index (χ4v) is 3.34. The first-order chi connectivity index (χ1) is 16.3. The van der Waals surface area contributed by atoms with Crippen LogP contribution >= 0.6 is 23.2 Å². The highest BCUT2D eigenvalue weighted by atomic mass is 35.5. The molecule has 1 heterocycles. The molecule has 4 rings (SSSR count). The van der Waals surface area contributed by atoms with Crippen LogP contribution in [0.3, 0.4) is 0 Å². The van der Waals surface area contributed by atoms with E-state index in [0.29, 0.717) is 32.9 Å². The number of anilines is 2. The van der Waals surface area contributed by atoms with Gasteiger partial charge >= 0.3 is 6.03 Å². The van der Waals surface area contributed by atoms with E-state index in [1.54, 1.807) is 18.2 Å². The Balaban J connectivity index is 1.64. The van der Waals surface area contributed by atoms with Gasteiger partial charge < -0.3 is 5.32 Å². The molecule has 34 heavy (non-hydrogen) atoms. The molecule has 0 unspecified atom stereocenters. The molecule has 0 atom stereocenters. The van der Waals surface area contributed by atoms with Crippen LogP contribution in [0, 0.1) is 17.5 Å². The molecule has 2 amide bonds. The van der Waals surface area contributed by atoms with Crippen molar-refractivity contribution in [3.05, 3.63) is 99.9 Å². The summed E-state index contributed by atoms with van der Waals surface area (Å²) in [5.41, 5.74) is 1.26. The number of rotatable bonds is 5. The van der Waals surface area contributed by atoms with Gasteiger partial charge in [0.15, 0.2) is 0 Å². The highest BCUT2D eigenvalue weighted by Crippen LogP contribution is 2.23. The normalized spacial score (nSPS) is 11.1. The molecule has 2 N–H and O–H groups in total. The molecule has 172 valence electrons. The summed E-state index contributed by atoms with van der Waals surface area (Å²) < 4.78 is 41.6. The number of hydrogen-bond acceptors (Lipinski definition) is 3. The summed E-state index contributed by atoms with van der Waals surface area (Å²) in [6, 6.07) is 12.3. The van der Waals surface area contributed by atoms with Crippen molar-refractivity contribution in [1.82, 2.24) is 9.66 Å². The molecule has 0 saturated heterocycles. The molecule has 0 aliphatic rings. The molecule has 6 nitrogen and oxygen atoms in total. The second kappa shape index (κ2) is 9.98. The predicted octanol–water partition coefficient (Wildman–Crippen LogP) is 6.80. The minimum absolute atomic E-state index is 0.0271. The number of benzene rings is 3. The zero-order valence-corrected chi connectivity index (χ0v) is 18.6. The van der Waals surface area contributed by atoms with Crippen LogP contribution in [0.5, 0.6) is 0 Å². The van der Waals surface area contributed by atoms with E-state index in [0.717, 1.165) is 12.1 Å². The third kappa shape index (κ3) is 5.56. The lowest BCUT2D eigenvalue weighted by molar-refractivity contribution is 0.262. The Morgan fingerprint density at radius 1 is 0.941 bits per heavy atom. The Hall–Kier alpha value is -3.82. The van der Waals surface area contributed by atoms with Gasteiger partial charge in [-0.3, -0.25) is 5.32 Å². The molecule has 0 aliphatic carbocycles. The van der Waals surface area contributed by atoms with E-state index >= 15 is 0 Å². The lowest BCUT2D eigenvalue weighted by atomic mass is 10.2. The van der Waals surface area contributed by atoms with E-state index in [2.05, 4.69) is 20.7 Å². The van der Waals surface area contributed by atoms with Gasteiger partial charge in [0.05, 0.1) is 28.8 Å². The van der Waals surface area contributed by atoms with Crippen LogP contribution in [0.15, 0.2) is 72.0 Å². The van der Waals surface area contributed by atoms with Crippen LogP contribution in [0.1, 0.15) is 5.56 Å². The largest absolute Gasteiger partial charge is 0.326 e. The summed E-state index contributed by atoms with van der Waals surface area (Å²) in [6.45, 7) is 0. The van der Waals surface area contributed by atoms with E-state index in [4.69, 9.17) is 23.2 Å². The standard InChI is InChI=1S/C23H14Cl2F3N5O/c24-15-4-1-14(18(25)9-15)11-29-33-12-21(13-2-5-16(26)6-3-13)30-22(33)32-23(34)31-20-8-7-17(27)10-19(20)28/h1-12H,(H2,30,31,32,34). The fraction of sp³-hybridized carbons (Fsp3) is 0. The zero-order valence-electron chi connectivity index (χ0n) is 17.1. The zero-order chi connectivity index (χ0) is 24.2. The van der Waals surface area contributed by atoms with Gasteiger partial charge in [-0.05, 0) is 48.5 Å². The molecule has 3 aromatic carbocycles. The van der Waals surface area contributed by atoms with Crippen molar-refractivity contribution in [2.24, 2.45) is 5.10 Å². The molecule has 0 bridgehead atoms. The Labute approximate surface area is 201 Å². The molecular formula is C23H14Cl2F3N5O. The fourth-order valence-electron chi connectivity index (χ4n) is 2.88. The van der Waals surface area contributed by atoms with Crippen molar-refractivity contribution in [2.45, 2.75) is 0 Å². The lowest BCUT2D eigenvalue weighted by Crippen LogP contribution is -2.22. The highest BCUT2D eigenvalue weighted by Gasteiger charge is 2.14. The number of carbonyl (C=O) groups is 1. The van der Waals surface area contributed by atoms with Gasteiger partial charge in [-0.2, -0.15) is 5.10 Å². The maximum atomic E-state index is 13.9. The van der Waals surface area contributed by atoms with Gasteiger partial charge in [0, 0.05) is 22.2 Å². The van der Waals surface area contributed by atoms with Crippen molar-refractivity contribution in [3.63, 3.8) is 0 Å². The average molecular weight is 504 g/mol. The van der Waals surface area contributed by atoms with Gasteiger partial charge in [-0.25, -0.2) is 27.6 Å². The SMILES string of the molecule is O=C(Nc1ccc(F)cc1F)Nc1nc(-c2ccc(F)cc2)cn1N=Cc1ccc(Cl)cc1Cl. The minimum atomic E-state index is -0.944. The van der Waals surface area contributed by atoms with Crippen LogP contribution in [-0.2, 0) is 0 Å². The maximum absolute atomic E-state index is 13.9. The van der Waals surface area contributed by atoms with Crippen molar-refractivity contribution >= 4 is 47.1 Å². The smallest absolute Gasteiger partial charge is 0.305 e. The predicted molar refractivity (Wildman–Crippen MR) is 126 cm³/mol. The summed E-state index contributed by atoms with van der Waals surface area (Å²) in [6.07, 6.45) is 2.93. The van der Waals surface area contributed by atoms with Crippen LogP contribution < -0.4 is 10.6 Å². The molecule has 0 fully saturated rings. The quantitative estimate of drug-likeness (QED) is 0.294. The first-order valence-corrected chi connectivity index (χ1v) is 10.4. The number of urea groups is 1. The van der Waals surface area contributed by atoms with E-state index < -0.39 is 23.5 Å². The number of carbonyl (C=O) groups excluding carboxylic acids is 1. The molecular weight excluding hydrogens is 490 g/mol. The van der Waals surface area contributed by atoms with E-state index in [9.17, 15) is 18.0 Å². The summed E-state index contributed by atoms with van der Waals surface area (Å²) in [4.78, 5) is 16.8. The van der Waals surface area contributed by atoms with Gasteiger partial charge in [-0.15, -0.1) is 0 Å². The van der Waals surface area contributed by atoms with E-state index in [1.165, 1.54) is 41.4 Å². The van der Waals surface area contributed by atoms with Crippen molar-refractivity contribution in [3.8, 4) is 11.3 Å². The Morgan fingerprint density at radius 2 is 1.68 bits per heavy atom. The number of halogens is 5. The maximum Gasteiger partial charge on any atom is 0.326 e. The average Bonchev–Trinajstić information content (AvgIpc) is 3.18. The van der Waals surface area contributed by atoms with Crippen LogP contribution in [0.4, 0.5) is 29.6 Å². The molecule has 0 saturated carbocycles. The summed E-state index contributed by atoms with van der Waals surface area (Å²) in [5.74, 6) is -2.17. The number of aromatic nitrogens is 2. The number of nitrogens with zero attached hydrogens (tertiary/aromatic N) is 3. The molecule has 0 aliphatic heterocycles. The van der Waals surface area contributed by atoms with Gasteiger partial charge in [-0.1, -0.05) is 29.3 Å². The first kappa shape index (κ1) is 23.3. The minimum Gasteiger partial charge on any atom is -0.305 e. The van der Waals surface area contributed by atoms with Crippen molar-refractivity contribution in [1.29, 1.82) is 0 Å². The number of hydrogen-bond donors (Lipinski definition) is 2. The third-order valence-electron chi connectivity index (χ3n) is 4.52. The first-order valence-electron chi connectivity index (χ1n) is 9.66. The summed E-state index contributed by atoms with van der Waals surface area (Å²) in [5, 5.41) is 9.83. The number of amides is 2. The van der Waals surface area contributed by atoms with Crippen LogP contribution in [-0.4, -0.2) is 21.9 Å². The number of nitrogens with one attached hydrogen (secondary N) is 2. The van der Waals surface area contributed by atoms with Crippen LogP contribution in [0.25, 0.3) is 11.3 Å². The highest BCUT2D eigenvalue weighted by molar-refractivity contribution is 6.36. The molecule has 11 heteroatoms. The van der Waals surface area contributed by atoms with Crippen molar-refractivity contribution < 1.29 is 18.0 Å². The van der Waals surface area contributed by atoms with Crippen molar-refractivity contribution in [2.75, 3.05) is 10.6 Å². The summed E-state index contributed by atoms with van der Waals surface area (Å²) in [7, 11) is 0. The van der Waals surface area contributed by atoms with Gasteiger partial charge in [0.25, 0.3) is 0 Å². The second-order valence-electron chi connectivity index (χ2n) is 6.91. The molecule has 1 aromatic heterocycles.